The third kappa shape index (κ3) is 6.10. The van der Waals surface area contributed by atoms with Gasteiger partial charge in [0.15, 0.2) is 0 Å². The summed E-state index contributed by atoms with van der Waals surface area (Å²) in [6.07, 6.45) is 7.27. The lowest BCUT2D eigenvalue weighted by Gasteiger charge is -2.33. The fraction of sp³-hybridized carbons (Fsp3) is 0.667. The number of benzene rings is 1. The number of rotatable bonds is 9. The number of ether oxygens (including phenoxy) is 1. The molecule has 4 atom stereocenters. The highest BCUT2D eigenvalue weighted by Gasteiger charge is 2.34. The van der Waals surface area contributed by atoms with Crippen molar-refractivity contribution in [2.75, 3.05) is 26.3 Å². The van der Waals surface area contributed by atoms with Gasteiger partial charge in [0, 0.05) is 69.0 Å². The molecular weight excluding hydrogens is 462 g/mol. The van der Waals surface area contributed by atoms with E-state index in [1.165, 1.54) is 29.8 Å². The minimum absolute atomic E-state index is 0.0397. The van der Waals surface area contributed by atoms with E-state index >= 15 is 0 Å². The van der Waals surface area contributed by atoms with Crippen LogP contribution in [0.4, 0.5) is 0 Å². The Morgan fingerprint density at radius 1 is 1.19 bits per heavy atom. The largest absolute Gasteiger partial charge is 0.381 e. The number of aromatic nitrogens is 2. The van der Waals surface area contributed by atoms with Crippen molar-refractivity contribution in [1.29, 1.82) is 0 Å². The van der Waals surface area contributed by atoms with Gasteiger partial charge in [-0.2, -0.15) is 0 Å². The molecule has 0 bridgehead atoms. The molecule has 2 fully saturated rings. The Hall–Kier alpha value is -2.22. The van der Waals surface area contributed by atoms with E-state index in [9.17, 15) is 4.79 Å². The number of nitrogens with zero attached hydrogens (tertiary/aromatic N) is 3. The molecule has 37 heavy (non-hydrogen) atoms. The van der Waals surface area contributed by atoms with Crippen LogP contribution >= 0.6 is 0 Å². The number of hydrogen-bond donors (Lipinski definition) is 2. The molecule has 1 aromatic carbocycles. The zero-order valence-electron chi connectivity index (χ0n) is 22.9. The van der Waals surface area contributed by atoms with Crippen LogP contribution in [0.5, 0.6) is 0 Å². The topological polar surface area (TPSA) is 71.4 Å². The maximum atomic E-state index is 13.1. The molecule has 1 aromatic heterocycles. The maximum absolute atomic E-state index is 13.1. The molecule has 1 amide bonds. The molecule has 2 aromatic rings. The molecule has 7 heteroatoms. The van der Waals surface area contributed by atoms with Crippen LogP contribution in [-0.2, 0) is 22.5 Å². The molecule has 0 aliphatic carbocycles. The van der Waals surface area contributed by atoms with Crippen molar-refractivity contribution in [3.05, 3.63) is 53.1 Å². The standard InChI is InChI=1S/C30H45N5O2/c1-21-9-10-26(19-22(2)35-23(3)32-28-20-31-15-11-29(28)35)34(21)16-12-27(24-7-5-4-6-8-24)33-30(36)25-13-17-37-18-14-25/h4-8,21-22,25-27,31H,9-20H2,1-3H3,(H,33,36). The summed E-state index contributed by atoms with van der Waals surface area (Å²) < 4.78 is 7.99. The van der Waals surface area contributed by atoms with E-state index in [-0.39, 0.29) is 17.9 Å². The average molecular weight is 508 g/mol. The lowest BCUT2D eigenvalue weighted by molar-refractivity contribution is -0.128. The SMILES string of the molecule is Cc1nc2c(n1C(C)CC1CCC(C)N1CCC(NC(=O)C1CCOCC1)c1ccccc1)CCNC2. The van der Waals surface area contributed by atoms with Crippen LogP contribution in [0.1, 0.15) is 87.2 Å². The Labute approximate surface area is 222 Å². The number of likely N-dealkylation sites (tertiary alicyclic amines) is 1. The number of imidazole rings is 1. The van der Waals surface area contributed by atoms with Gasteiger partial charge < -0.3 is 19.9 Å². The summed E-state index contributed by atoms with van der Waals surface area (Å²) in [6.45, 7) is 11.2. The molecule has 2 saturated heterocycles. The summed E-state index contributed by atoms with van der Waals surface area (Å²) >= 11 is 0. The zero-order chi connectivity index (χ0) is 25.8. The first-order valence-electron chi connectivity index (χ1n) is 14.5. The van der Waals surface area contributed by atoms with Gasteiger partial charge in [0.2, 0.25) is 5.91 Å². The minimum Gasteiger partial charge on any atom is -0.381 e. The van der Waals surface area contributed by atoms with Gasteiger partial charge in [-0.3, -0.25) is 9.69 Å². The quantitative estimate of drug-likeness (QED) is 0.529. The number of nitrogens with one attached hydrogen (secondary N) is 2. The van der Waals surface area contributed by atoms with Crippen LogP contribution in [0, 0.1) is 12.8 Å². The van der Waals surface area contributed by atoms with Crippen molar-refractivity contribution >= 4 is 5.91 Å². The van der Waals surface area contributed by atoms with Crippen molar-refractivity contribution in [2.45, 2.75) is 96.4 Å². The lowest BCUT2D eigenvalue weighted by atomic mass is 9.97. The fourth-order valence-electron chi connectivity index (χ4n) is 6.87. The molecule has 4 unspecified atom stereocenters. The molecule has 3 aliphatic rings. The highest BCUT2D eigenvalue weighted by molar-refractivity contribution is 5.79. The van der Waals surface area contributed by atoms with Gasteiger partial charge in [0.1, 0.15) is 5.82 Å². The van der Waals surface area contributed by atoms with Crippen LogP contribution in [0.3, 0.4) is 0 Å². The smallest absolute Gasteiger partial charge is 0.223 e. The first-order valence-corrected chi connectivity index (χ1v) is 14.5. The number of carbonyl (C=O) groups excluding carboxylic acids is 1. The van der Waals surface area contributed by atoms with E-state index in [1.807, 2.05) is 6.07 Å². The van der Waals surface area contributed by atoms with Crippen molar-refractivity contribution in [2.24, 2.45) is 5.92 Å². The zero-order valence-corrected chi connectivity index (χ0v) is 22.9. The molecule has 5 rings (SSSR count). The second-order valence-corrected chi connectivity index (χ2v) is 11.4. The van der Waals surface area contributed by atoms with E-state index in [0.29, 0.717) is 31.3 Å². The summed E-state index contributed by atoms with van der Waals surface area (Å²) in [5.74, 6) is 1.41. The molecule has 0 spiro atoms. The van der Waals surface area contributed by atoms with Crippen molar-refractivity contribution in [3.8, 4) is 0 Å². The van der Waals surface area contributed by atoms with Gasteiger partial charge in [-0.25, -0.2) is 4.98 Å². The van der Waals surface area contributed by atoms with E-state index in [1.54, 1.807) is 0 Å². The second-order valence-electron chi connectivity index (χ2n) is 11.4. The summed E-state index contributed by atoms with van der Waals surface area (Å²) in [7, 11) is 0. The van der Waals surface area contributed by atoms with Gasteiger partial charge in [0.25, 0.3) is 0 Å². The third-order valence-electron chi connectivity index (χ3n) is 8.89. The second kappa shape index (κ2) is 12.1. The first kappa shape index (κ1) is 26.4. The van der Waals surface area contributed by atoms with Gasteiger partial charge in [-0.15, -0.1) is 0 Å². The number of amides is 1. The number of fused-ring (bicyclic) bond motifs is 1. The van der Waals surface area contributed by atoms with E-state index in [4.69, 9.17) is 9.72 Å². The average Bonchev–Trinajstić information content (AvgIpc) is 3.45. The fourth-order valence-corrected chi connectivity index (χ4v) is 6.87. The maximum Gasteiger partial charge on any atom is 0.223 e. The van der Waals surface area contributed by atoms with E-state index in [2.05, 4.69) is 65.1 Å². The molecule has 202 valence electrons. The monoisotopic (exact) mass is 507 g/mol. The van der Waals surface area contributed by atoms with Crippen molar-refractivity contribution in [1.82, 2.24) is 25.1 Å². The van der Waals surface area contributed by atoms with Crippen LogP contribution in [-0.4, -0.2) is 58.7 Å². The Bertz CT molecular complexity index is 1030. The van der Waals surface area contributed by atoms with E-state index < -0.39 is 0 Å². The number of carbonyl (C=O) groups is 1. The normalized spacial score (nSPS) is 24.5. The van der Waals surface area contributed by atoms with Crippen LogP contribution in [0.2, 0.25) is 0 Å². The van der Waals surface area contributed by atoms with E-state index in [0.717, 1.165) is 57.6 Å². The van der Waals surface area contributed by atoms with Crippen LogP contribution < -0.4 is 10.6 Å². The van der Waals surface area contributed by atoms with Gasteiger partial charge in [0.05, 0.1) is 11.7 Å². The summed E-state index contributed by atoms with van der Waals surface area (Å²) in [6, 6.07) is 12.1. The summed E-state index contributed by atoms with van der Waals surface area (Å²) in [5, 5.41) is 6.88. The molecule has 3 aliphatic heterocycles. The summed E-state index contributed by atoms with van der Waals surface area (Å²) in [5.41, 5.74) is 3.87. The third-order valence-corrected chi connectivity index (χ3v) is 8.89. The number of aryl methyl sites for hydroxylation is 1. The molecule has 0 radical (unpaired) electrons. The summed E-state index contributed by atoms with van der Waals surface area (Å²) in [4.78, 5) is 20.7. The number of hydrogen-bond acceptors (Lipinski definition) is 5. The molecule has 4 heterocycles. The van der Waals surface area contributed by atoms with Gasteiger partial charge in [-0.05, 0) is 64.9 Å². The molecule has 2 N–H and O–H groups in total. The predicted molar refractivity (Wildman–Crippen MR) is 146 cm³/mol. The Morgan fingerprint density at radius 3 is 2.76 bits per heavy atom. The Balaban J connectivity index is 1.25. The van der Waals surface area contributed by atoms with Crippen LogP contribution in [0.15, 0.2) is 30.3 Å². The molecule has 7 nitrogen and oxygen atoms in total. The van der Waals surface area contributed by atoms with Crippen molar-refractivity contribution < 1.29 is 9.53 Å². The molecular formula is C30H45N5O2. The van der Waals surface area contributed by atoms with Gasteiger partial charge >= 0.3 is 0 Å². The Morgan fingerprint density at radius 2 is 1.97 bits per heavy atom. The Kier molecular flexibility index (Phi) is 8.63. The molecule has 0 saturated carbocycles. The van der Waals surface area contributed by atoms with Crippen molar-refractivity contribution in [3.63, 3.8) is 0 Å². The van der Waals surface area contributed by atoms with Crippen LogP contribution in [0.25, 0.3) is 0 Å². The highest BCUT2D eigenvalue weighted by atomic mass is 16.5. The minimum atomic E-state index is 0.0397. The predicted octanol–water partition coefficient (Wildman–Crippen LogP) is 4.32. The lowest BCUT2D eigenvalue weighted by Crippen LogP contribution is -2.41. The first-order chi connectivity index (χ1) is 18.0. The van der Waals surface area contributed by atoms with Gasteiger partial charge in [-0.1, -0.05) is 30.3 Å². The highest BCUT2D eigenvalue weighted by Crippen LogP contribution is 2.33.